The molecule has 1 aromatic rings. The molecule has 17 heavy (non-hydrogen) atoms. The summed E-state index contributed by atoms with van der Waals surface area (Å²) in [6, 6.07) is 9.11. The van der Waals surface area contributed by atoms with E-state index in [4.69, 9.17) is 5.73 Å². The van der Waals surface area contributed by atoms with E-state index in [0.717, 1.165) is 5.56 Å². The first-order valence-corrected chi connectivity index (χ1v) is 5.33. The molecule has 0 aliphatic carbocycles. The lowest BCUT2D eigenvalue weighted by Gasteiger charge is -2.34. The lowest BCUT2D eigenvalue weighted by atomic mass is 9.99. The Hall–Kier alpha value is -1.88. The van der Waals surface area contributed by atoms with Gasteiger partial charge in [0.2, 0.25) is 11.8 Å². The van der Waals surface area contributed by atoms with Crippen LogP contribution >= 0.6 is 0 Å². The molecule has 0 saturated carbocycles. The Balaban J connectivity index is 3.15. The summed E-state index contributed by atoms with van der Waals surface area (Å²) in [6.07, 6.45) is 0. The summed E-state index contributed by atoms with van der Waals surface area (Å²) in [5.74, 6) is -0.513. The van der Waals surface area contributed by atoms with Gasteiger partial charge < -0.3 is 16.4 Å². The van der Waals surface area contributed by atoms with Crippen molar-refractivity contribution in [1.29, 1.82) is 0 Å². The first-order chi connectivity index (χ1) is 8.00. The van der Waals surface area contributed by atoms with E-state index in [1.807, 2.05) is 18.2 Å². The smallest absolute Gasteiger partial charge is 0.218 e. The van der Waals surface area contributed by atoms with Crippen molar-refractivity contribution in [3.63, 3.8) is 0 Å². The molecule has 0 aliphatic rings. The van der Waals surface area contributed by atoms with Crippen molar-refractivity contribution >= 4 is 11.8 Å². The van der Waals surface area contributed by atoms with Gasteiger partial charge in [-0.1, -0.05) is 30.3 Å². The highest BCUT2D eigenvalue weighted by molar-refractivity contribution is 5.78. The molecule has 0 bridgehead atoms. The Morgan fingerprint density at radius 1 is 1.12 bits per heavy atom. The lowest BCUT2D eigenvalue weighted by molar-refractivity contribution is -0.124. The number of hydrogen-bond donors (Lipinski definition) is 3. The summed E-state index contributed by atoms with van der Waals surface area (Å²) in [4.78, 5) is 22.5. The summed E-state index contributed by atoms with van der Waals surface area (Å²) in [5, 5.41) is 5.39. The van der Waals surface area contributed by atoms with Gasteiger partial charge in [0.25, 0.3) is 0 Å². The zero-order valence-electron chi connectivity index (χ0n) is 9.99. The van der Waals surface area contributed by atoms with Gasteiger partial charge in [0.15, 0.2) is 5.66 Å². The second-order valence-electron chi connectivity index (χ2n) is 3.84. The maximum absolute atomic E-state index is 11.3. The summed E-state index contributed by atoms with van der Waals surface area (Å²) in [6.45, 7) is 2.85. The van der Waals surface area contributed by atoms with Crippen LogP contribution in [-0.2, 0) is 15.3 Å². The van der Waals surface area contributed by atoms with Crippen LogP contribution in [0.15, 0.2) is 30.3 Å². The maximum atomic E-state index is 11.3. The van der Waals surface area contributed by atoms with Gasteiger partial charge in [-0.05, 0) is 5.56 Å². The Morgan fingerprint density at radius 3 is 1.94 bits per heavy atom. The van der Waals surface area contributed by atoms with E-state index in [-0.39, 0.29) is 18.4 Å². The molecular weight excluding hydrogens is 218 g/mol. The highest BCUT2D eigenvalue weighted by atomic mass is 16.2. The molecule has 92 valence electrons. The van der Waals surface area contributed by atoms with Gasteiger partial charge in [0, 0.05) is 20.4 Å². The number of carbonyl (C=O) groups is 2. The number of benzene rings is 1. The third-order valence-corrected chi connectivity index (χ3v) is 2.35. The second-order valence-corrected chi connectivity index (χ2v) is 3.84. The van der Waals surface area contributed by atoms with Crippen LogP contribution in [0.2, 0.25) is 0 Å². The minimum absolute atomic E-state index is 0.0795. The van der Waals surface area contributed by atoms with E-state index in [1.165, 1.54) is 13.8 Å². The van der Waals surface area contributed by atoms with Crippen LogP contribution in [0.5, 0.6) is 0 Å². The molecule has 0 atom stereocenters. The average molecular weight is 235 g/mol. The highest BCUT2D eigenvalue weighted by Crippen LogP contribution is 2.16. The molecule has 0 fully saturated rings. The molecule has 1 rings (SSSR count). The third-order valence-electron chi connectivity index (χ3n) is 2.35. The zero-order chi connectivity index (χ0) is 12.9. The molecule has 0 radical (unpaired) electrons. The number of nitrogens with one attached hydrogen (secondary N) is 2. The van der Waals surface area contributed by atoms with Crippen LogP contribution in [0.25, 0.3) is 0 Å². The van der Waals surface area contributed by atoms with E-state index < -0.39 is 5.66 Å². The van der Waals surface area contributed by atoms with Crippen LogP contribution in [0.1, 0.15) is 19.4 Å². The molecule has 0 heterocycles. The molecule has 0 unspecified atom stereocenters. The molecule has 0 spiro atoms. The summed E-state index contributed by atoms with van der Waals surface area (Å²) in [5.41, 5.74) is 5.41. The molecule has 0 aliphatic heterocycles. The fourth-order valence-corrected chi connectivity index (χ4v) is 1.72. The lowest BCUT2D eigenvalue weighted by Crippen LogP contribution is -2.61. The average Bonchev–Trinajstić information content (AvgIpc) is 2.28. The Labute approximate surface area is 100 Å². The van der Waals surface area contributed by atoms with Crippen molar-refractivity contribution in [2.75, 3.05) is 6.54 Å². The van der Waals surface area contributed by atoms with Crippen molar-refractivity contribution in [1.82, 2.24) is 10.6 Å². The molecular formula is C12H17N3O2. The van der Waals surface area contributed by atoms with E-state index in [1.54, 1.807) is 12.1 Å². The third kappa shape index (κ3) is 3.29. The topological polar surface area (TPSA) is 84.2 Å². The first-order valence-electron chi connectivity index (χ1n) is 5.33. The standard InChI is InChI=1S/C12H17N3O2/c1-9(16)14-12(8-13,15-10(2)17)11-6-4-3-5-7-11/h3-7H,8,13H2,1-2H3,(H,14,16)(H,15,17). The molecule has 2 amide bonds. The van der Waals surface area contributed by atoms with E-state index in [0.29, 0.717) is 0 Å². The van der Waals surface area contributed by atoms with E-state index in [2.05, 4.69) is 10.6 Å². The van der Waals surface area contributed by atoms with E-state index in [9.17, 15) is 9.59 Å². The quantitative estimate of drug-likeness (QED) is 0.646. The van der Waals surface area contributed by atoms with Gasteiger partial charge >= 0.3 is 0 Å². The Morgan fingerprint density at radius 2 is 1.59 bits per heavy atom. The second kappa shape index (κ2) is 5.45. The molecule has 5 heteroatoms. The predicted octanol–water partition coefficient (Wildman–Crippen LogP) is 0.0703. The van der Waals surface area contributed by atoms with Gasteiger partial charge in [0.05, 0.1) is 0 Å². The fraction of sp³-hybridized carbons (Fsp3) is 0.333. The number of amides is 2. The van der Waals surface area contributed by atoms with Crippen molar-refractivity contribution < 1.29 is 9.59 Å². The molecule has 4 N–H and O–H groups in total. The molecule has 0 saturated heterocycles. The van der Waals surface area contributed by atoms with Gasteiger partial charge in [-0.3, -0.25) is 9.59 Å². The largest absolute Gasteiger partial charge is 0.329 e. The first kappa shape index (κ1) is 13.2. The summed E-state index contributed by atoms with van der Waals surface area (Å²) < 4.78 is 0. The van der Waals surface area contributed by atoms with Gasteiger partial charge in [-0.2, -0.15) is 0 Å². The van der Waals surface area contributed by atoms with Gasteiger partial charge in [0.1, 0.15) is 0 Å². The summed E-state index contributed by atoms with van der Waals surface area (Å²) >= 11 is 0. The van der Waals surface area contributed by atoms with Crippen molar-refractivity contribution in [3.8, 4) is 0 Å². The van der Waals surface area contributed by atoms with Crippen molar-refractivity contribution in [3.05, 3.63) is 35.9 Å². The highest BCUT2D eigenvalue weighted by Gasteiger charge is 2.32. The fourth-order valence-electron chi connectivity index (χ4n) is 1.72. The van der Waals surface area contributed by atoms with Crippen LogP contribution in [0, 0.1) is 0 Å². The SMILES string of the molecule is CC(=O)NC(CN)(NC(C)=O)c1ccccc1. The Bertz CT molecular complexity index is 387. The molecule has 0 aromatic heterocycles. The van der Waals surface area contributed by atoms with Gasteiger partial charge in [-0.25, -0.2) is 0 Å². The van der Waals surface area contributed by atoms with E-state index >= 15 is 0 Å². The number of nitrogens with two attached hydrogens (primary N) is 1. The zero-order valence-corrected chi connectivity index (χ0v) is 9.99. The number of rotatable bonds is 4. The normalized spacial score (nSPS) is 10.8. The van der Waals surface area contributed by atoms with Crippen molar-refractivity contribution in [2.45, 2.75) is 19.5 Å². The minimum Gasteiger partial charge on any atom is -0.329 e. The molecule has 5 nitrogen and oxygen atoms in total. The van der Waals surface area contributed by atoms with Gasteiger partial charge in [-0.15, -0.1) is 0 Å². The van der Waals surface area contributed by atoms with Crippen LogP contribution < -0.4 is 16.4 Å². The number of carbonyl (C=O) groups excluding carboxylic acids is 2. The van der Waals surface area contributed by atoms with Crippen LogP contribution in [0.3, 0.4) is 0 Å². The summed E-state index contributed by atoms with van der Waals surface area (Å²) in [7, 11) is 0. The predicted molar refractivity (Wildman–Crippen MR) is 64.8 cm³/mol. The number of hydrogen-bond acceptors (Lipinski definition) is 3. The monoisotopic (exact) mass is 235 g/mol. The molecule has 1 aromatic carbocycles. The van der Waals surface area contributed by atoms with Crippen LogP contribution in [-0.4, -0.2) is 18.4 Å². The Kier molecular flexibility index (Phi) is 4.23. The minimum atomic E-state index is -1.04. The maximum Gasteiger partial charge on any atom is 0.218 e. The van der Waals surface area contributed by atoms with Crippen LogP contribution in [0.4, 0.5) is 0 Å². The van der Waals surface area contributed by atoms with Crippen molar-refractivity contribution in [2.24, 2.45) is 5.73 Å².